The summed E-state index contributed by atoms with van der Waals surface area (Å²) >= 11 is 0. The van der Waals surface area contributed by atoms with Crippen molar-refractivity contribution in [3.05, 3.63) is 53.8 Å². The molecule has 0 aliphatic carbocycles. The second kappa shape index (κ2) is 8.19. The van der Waals surface area contributed by atoms with E-state index in [-0.39, 0.29) is 24.3 Å². The molecule has 138 valence electrons. The highest BCUT2D eigenvalue weighted by Crippen LogP contribution is 2.38. The van der Waals surface area contributed by atoms with Crippen molar-refractivity contribution in [3.8, 4) is 11.5 Å². The number of anilines is 1. The fraction of sp³-hybridized carbons (Fsp3) is 0.350. The number of hydrogen-bond donors (Lipinski definition) is 1. The van der Waals surface area contributed by atoms with Crippen molar-refractivity contribution >= 4 is 11.6 Å². The van der Waals surface area contributed by atoms with Gasteiger partial charge in [-0.05, 0) is 61.9 Å². The summed E-state index contributed by atoms with van der Waals surface area (Å²) in [6.07, 6.45) is 1.96. The molecule has 6 heteroatoms. The number of hydrogen-bond acceptors (Lipinski definition) is 4. The topological polar surface area (TPSA) is 50.8 Å². The standard InChI is InChI=1S/C20H23FN2O3/c1-25-16-9-10-19(26-2)17(12-16)18-4-3-11-23(18)13-20(24)22-15-7-5-14(21)6-8-15/h5-10,12,18H,3-4,11,13H2,1-2H3,(H,22,24)/t18-/m0/s1. The Hall–Kier alpha value is -2.60. The lowest BCUT2D eigenvalue weighted by molar-refractivity contribution is -0.117. The smallest absolute Gasteiger partial charge is 0.238 e. The van der Waals surface area contributed by atoms with Gasteiger partial charge < -0.3 is 14.8 Å². The minimum absolute atomic E-state index is 0.0963. The monoisotopic (exact) mass is 358 g/mol. The van der Waals surface area contributed by atoms with E-state index in [9.17, 15) is 9.18 Å². The van der Waals surface area contributed by atoms with Crippen molar-refractivity contribution in [2.75, 3.05) is 32.6 Å². The van der Waals surface area contributed by atoms with E-state index in [2.05, 4.69) is 10.2 Å². The van der Waals surface area contributed by atoms with Crippen LogP contribution in [0.25, 0.3) is 0 Å². The van der Waals surface area contributed by atoms with Crippen molar-refractivity contribution in [1.29, 1.82) is 0 Å². The van der Waals surface area contributed by atoms with Gasteiger partial charge in [-0.2, -0.15) is 0 Å². The van der Waals surface area contributed by atoms with Crippen LogP contribution >= 0.6 is 0 Å². The molecule has 2 aromatic rings. The van der Waals surface area contributed by atoms with E-state index in [1.165, 1.54) is 12.1 Å². The molecule has 1 atom stereocenters. The molecule has 3 rings (SSSR count). The zero-order chi connectivity index (χ0) is 18.5. The van der Waals surface area contributed by atoms with Crippen LogP contribution in [0.1, 0.15) is 24.4 Å². The largest absolute Gasteiger partial charge is 0.497 e. The molecule has 1 N–H and O–H groups in total. The summed E-state index contributed by atoms with van der Waals surface area (Å²) in [6.45, 7) is 1.10. The van der Waals surface area contributed by atoms with Gasteiger partial charge in [0.25, 0.3) is 0 Å². The third-order valence-electron chi connectivity index (χ3n) is 4.63. The summed E-state index contributed by atoms with van der Waals surface area (Å²) in [4.78, 5) is 14.5. The van der Waals surface area contributed by atoms with Gasteiger partial charge in [0.2, 0.25) is 5.91 Å². The molecular weight excluding hydrogens is 335 g/mol. The van der Waals surface area contributed by atoms with Crippen molar-refractivity contribution in [3.63, 3.8) is 0 Å². The third kappa shape index (κ3) is 4.14. The lowest BCUT2D eigenvalue weighted by atomic mass is 10.0. The van der Waals surface area contributed by atoms with Gasteiger partial charge in [-0.3, -0.25) is 9.69 Å². The zero-order valence-corrected chi connectivity index (χ0v) is 15.0. The number of carbonyl (C=O) groups is 1. The van der Waals surface area contributed by atoms with Crippen molar-refractivity contribution in [2.24, 2.45) is 0 Å². The maximum atomic E-state index is 13.0. The van der Waals surface area contributed by atoms with E-state index in [1.54, 1.807) is 26.4 Å². The van der Waals surface area contributed by atoms with E-state index in [0.717, 1.165) is 36.4 Å². The van der Waals surface area contributed by atoms with Crippen molar-refractivity contribution in [1.82, 2.24) is 4.90 Å². The van der Waals surface area contributed by atoms with Crippen LogP contribution in [0.5, 0.6) is 11.5 Å². The Bertz CT molecular complexity index is 764. The molecule has 1 aliphatic heterocycles. The molecule has 0 aromatic heterocycles. The van der Waals surface area contributed by atoms with Crippen LogP contribution in [0.15, 0.2) is 42.5 Å². The van der Waals surface area contributed by atoms with Gasteiger partial charge >= 0.3 is 0 Å². The Morgan fingerprint density at radius 1 is 1.19 bits per heavy atom. The Morgan fingerprint density at radius 3 is 2.65 bits per heavy atom. The minimum atomic E-state index is -0.326. The van der Waals surface area contributed by atoms with Gasteiger partial charge in [0.15, 0.2) is 0 Å². The highest BCUT2D eigenvalue weighted by molar-refractivity contribution is 5.92. The average Bonchev–Trinajstić information content (AvgIpc) is 3.10. The van der Waals surface area contributed by atoms with Crippen LogP contribution in [0.2, 0.25) is 0 Å². The molecule has 26 heavy (non-hydrogen) atoms. The molecule has 1 saturated heterocycles. The van der Waals surface area contributed by atoms with E-state index in [0.29, 0.717) is 5.69 Å². The van der Waals surface area contributed by atoms with Crippen LogP contribution in [0.4, 0.5) is 10.1 Å². The van der Waals surface area contributed by atoms with Crippen LogP contribution < -0.4 is 14.8 Å². The molecule has 0 saturated carbocycles. The second-order valence-corrected chi connectivity index (χ2v) is 6.29. The molecule has 0 bridgehead atoms. The predicted molar refractivity (Wildman–Crippen MR) is 98.1 cm³/mol. The third-order valence-corrected chi connectivity index (χ3v) is 4.63. The lowest BCUT2D eigenvalue weighted by Crippen LogP contribution is -2.33. The summed E-state index contributed by atoms with van der Waals surface area (Å²) in [6, 6.07) is 11.6. The highest BCUT2D eigenvalue weighted by atomic mass is 19.1. The summed E-state index contributed by atoms with van der Waals surface area (Å²) in [5.74, 6) is 1.11. The number of methoxy groups -OCH3 is 2. The van der Waals surface area contributed by atoms with E-state index in [1.807, 2.05) is 18.2 Å². The maximum absolute atomic E-state index is 13.0. The van der Waals surface area contributed by atoms with Crippen LogP contribution in [-0.2, 0) is 4.79 Å². The number of likely N-dealkylation sites (tertiary alicyclic amines) is 1. The molecule has 0 radical (unpaired) electrons. The fourth-order valence-electron chi connectivity index (χ4n) is 3.39. The lowest BCUT2D eigenvalue weighted by Gasteiger charge is -2.26. The van der Waals surface area contributed by atoms with Crippen molar-refractivity contribution in [2.45, 2.75) is 18.9 Å². The number of benzene rings is 2. The molecule has 5 nitrogen and oxygen atoms in total. The fourth-order valence-corrected chi connectivity index (χ4v) is 3.39. The molecule has 2 aromatic carbocycles. The molecule has 0 spiro atoms. The van der Waals surface area contributed by atoms with Crippen LogP contribution in [-0.4, -0.2) is 38.1 Å². The number of amides is 1. The first-order valence-electron chi connectivity index (χ1n) is 8.62. The van der Waals surface area contributed by atoms with Gasteiger partial charge in [0, 0.05) is 17.3 Å². The predicted octanol–water partition coefficient (Wildman–Crippen LogP) is 3.62. The molecular formula is C20H23FN2O3. The molecule has 0 unspecified atom stereocenters. The second-order valence-electron chi connectivity index (χ2n) is 6.29. The first-order valence-corrected chi connectivity index (χ1v) is 8.62. The summed E-state index contributed by atoms with van der Waals surface area (Å²) < 4.78 is 23.8. The average molecular weight is 358 g/mol. The number of ether oxygens (including phenoxy) is 2. The summed E-state index contributed by atoms with van der Waals surface area (Å²) in [5.41, 5.74) is 1.62. The molecule has 1 amide bonds. The minimum Gasteiger partial charge on any atom is -0.497 e. The Kier molecular flexibility index (Phi) is 5.73. The van der Waals surface area contributed by atoms with Crippen molar-refractivity contribution < 1.29 is 18.7 Å². The number of rotatable bonds is 6. The van der Waals surface area contributed by atoms with Gasteiger partial charge in [-0.25, -0.2) is 4.39 Å². The quantitative estimate of drug-likeness (QED) is 0.857. The number of halogens is 1. The molecule has 1 aliphatic rings. The number of carbonyl (C=O) groups excluding carboxylic acids is 1. The summed E-state index contributed by atoms with van der Waals surface area (Å²) in [7, 11) is 3.28. The first-order chi connectivity index (χ1) is 12.6. The number of nitrogens with zero attached hydrogens (tertiary/aromatic N) is 1. The molecule has 1 fully saturated rings. The van der Waals surface area contributed by atoms with Gasteiger partial charge in [0.05, 0.1) is 20.8 Å². The molecule has 1 heterocycles. The normalized spacial score (nSPS) is 17.1. The zero-order valence-electron chi connectivity index (χ0n) is 15.0. The summed E-state index contributed by atoms with van der Waals surface area (Å²) in [5, 5.41) is 2.82. The van der Waals surface area contributed by atoms with Crippen LogP contribution in [0, 0.1) is 5.82 Å². The van der Waals surface area contributed by atoms with Gasteiger partial charge in [0.1, 0.15) is 17.3 Å². The van der Waals surface area contributed by atoms with Gasteiger partial charge in [-0.15, -0.1) is 0 Å². The Morgan fingerprint density at radius 2 is 1.96 bits per heavy atom. The Balaban J connectivity index is 1.72. The maximum Gasteiger partial charge on any atom is 0.238 e. The first kappa shape index (κ1) is 18.2. The van der Waals surface area contributed by atoms with E-state index in [4.69, 9.17) is 9.47 Å². The van der Waals surface area contributed by atoms with Gasteiger partial charge in [-0.1, -0.05) is 0 Å². The number of nitrogens with one attached hydrogen (secondary N) is 1. The van der Waals surface area contributed by atoms with E-state index >= 15 is 0 Å². The Labute approximate surface area is 152 Å². The van der Waals surface area contributed by atoms with E-state index < -0.39 is 0 Å². The SMILES string of the molecule is COc1ccc(OC)c([C@@H]2CCCN2CC(=O)Nc2ccc(F)cc2)c1. The van der Waals surface area contributed by atoms with Crippen LogP contribution in [0.3, 0.4) is 0 Å². The highest BCUT2D eigenvalue weighted by Gasteiger charge is 2.30.